The number of fused-ring (bicyclic) bond motifs is 27. The molecule has 9 heteroatoms. The highest BCUT2D eigenvalue weighted by Gasteiger charge is 2.40. The summed E-state index contributed by atoms with van der Waals surface area (Å²) in [5.74, 6) is 1.63. The third-order valence-corrected chi connectivity index (χ3v) is 33.2. The molecule has 0 radical (unpaired) electrons. The lowest BCUT2D eigenvalue weighted by Crippen LogP contribution is -2.15. The van der Waals surface area contributed by atoms with E-state index in [-0.39, 0.29) is 16.2 Å². The van der Waals surface area contributed by atoms with Gasteiger partial charge in [0.15, 0.2) is 17.5 Å². The first-order chi connectivity index (χ1) is 72.1. The largest absolute Gasteiger partial charge is 0.309 e. The van der Waals surface area contributed by atoms with Gasteiger partial charge in [0.1, 0.15) is 0 Å². The summed E-state index contributed by atoms with van der Waals surface area (Å²) in [6, 6.07) is 170. The number of hydrogen-bond acceptors (Lipinski definition) is 3. The van der Waals surface area contributed by atoms with Gasteiger partial charge in [-0.2, -0.15) is 0 Å². The topological polar surface area (TPSA) is 68.2 Å². The molecule has 3 aliphatic rings. The average molecular weight is 1880 g/mol. The van der Waals surface area contributed by atoms with Crippen LogP contribution in [0.2, 0.25) is 0 Å². The Balaban J connectivity index is 0.545. The molecule has 0 saturated heterocycles. The Kier molecular flexibility index (Phi) is 17.4. The van der Waals surface area contributed by atoms with Gasteiger partial charge in [-0.25, -0.2) is 15.0 Å². The summed E-state index contributed by atoms with van der Waals surface area (Å²) in [6.07, 6.45) is 0. The van der Waals surface area contributed by atoms with E-state index in [0.717, 1.165) is 133 Å². The first-order valence-electron chi connectivity index (χ1n) is 51.2. The highest BCUT2D eigenvalue weighted by molar-refractivity contribution is 6.18. The van der Waals surface area contributed by atoms with Gasteiger partial charge in [0.05, 0.1) is 66.2 Å². The van der Waals surface area contributed by atoms with Crippen molar-refractivity contribution in [1.82, 2.24) is 42.4 Å². The summed E-state index contributed by atoms with van der Waals surface area (Å²) in [5, 5.41) is 14.3. The highest BCUT2D eigenvalue weighted by atomic mass is 15.1. The van der Waals surface area contributed by atoms with Crippen LogP contribution < -0.4 is 0 Å². The summed E-state index contributed by atoms with van der Waals surface area (Å²) < 4.78 is 14.7. The summed E-state index contributed by atoms with van der Waals surface area (Å²) in [6.45, 7) is 14.2. The van der Waals surface area contributed by atoms with Crippen molar-refractivity contribution in [1.29, 1.82) is 0 Å². The SMILES string of the molecule is CC1(C)c2ccccc2-c2ccc(-n3c4ccccc4c4cc(-c5ccc6c7ccccc7n(-c7cccc(-c8nc(-c9cccc(-n%10c%11ccccc%11c%11ccc(-c%12ccc%13c(c%12)c%12ccccc%12n%13-c%12ccc%13c(c%12)C(C)(C)c%12ccccc%12-%13)cc%11%10)c9)nc(-c9cccc(-n%10c%11ccccc%11c%11ccc(-c%12ccc%13c(c%12)c%12ccccc%12n%13-c%12ccc%13c(c%12)C(C)(C)c%12ccccc%12-%13)cc%11%10)c9)n8)c7)c6c5)ccc43)cc21. The van der Waals surface area contributed by atoms with Gasteiger partial charge in [0.25, 0.3) is 0 Å². The van der Waals surface area contributed by atoms with Gasteiger partial charge in [0.2, 0.25) is 0 Å². The van der Waals surface area contributed by atoms with Crippen molar-refractivity contribution in [3.8, 4) is 135 Å². The summed E-state index contributed by atoms with van der Waals surface area (Å²) in [4.78, 5) is 17.1. The van der Waals surface area contributed by atoms with Crippen LogP contribution in [0.15, 0.2) is 455 Å². The quantitative estimate of drug-likeness (QED) is 0.122. The number of para-hydroxylation sites is 6. The summed E-state index contributed by atoms with van der Waals surface area (Å²) in [7, 11) is 0. The fourth-order valence-corrected chi connectivity index (χ4v) is 26.2. The van der Waals surface area contributed by atoms with Gasteiger partial charge in [-0.05, 0) is 264 Å². The second-order valence-corrected chi connectivity index (χ2v) is 42.2. The smallest absolute Gasteiger partial charge is 0.164 e. The van der Waals surface area contributed by atoms with Gasteiger partial charge >= 0.3 is 0 Å². The van der Waals surface area contributed by atoms with Gasteiger partial charge in [-0.15, -0.1) is 0 Å². The highest BCUT2D eigenvalue weighted by Crippen LogP contribution is 2.55. The molecule has 28 aromatic rings. The molecular weight excluding hydrogens is 1780 g/mol. The minimum atomic E-state index is -0.138. The Hall–Kier alpha value is -18.6. The molecule has 690 valence electrons. The van der Waals surface area contributed by atoms with Crippen molar-refractivity contribution in [2.24, 2.45) is 0 Å². The van der Waals surface area contributed by atoms with E-state index in [9.17, 15) is 0 Å². The standard InChI is InChI=1S/C138H93N9/c1-136(2)115-43-16-7-34-97(115)100-64-58-94(79-118(100)136)142-124-49-22-13-40-106(124)112-73-82(55-67-127(112)142)85-52-61-109-103-37-10-19-46-121(103)145(130(109)76-85)91-31-25-28-88(70-91)133-139-134(89-29-26-32-92(71-89)146-122-47-20-11-38-104(122)110-62-53-86(77-131(110)146)83-56-68-128-113(74-83)107-41-14-23-50-125(107)143(128)95-59-65-101-98-35-8-17-44-116(98)137(3,4)119(101)80-95)141-135(140-133)90-30-27-33-93(72-90)147-123-48-21-12-39-105(123)111-63-54-87(78-132(111)147)84-57-69-129-114(75-84)108-42-15-24-51-126(108)144(129)96-60-66-102-99-36-9-18-45-117(99)138(5,6)120(102)81-96/h7-81H,1-6H3. The molecule has 3 aliphatic carbocycles. The number of aromatic nitrogens is 9. The molecule has 0 saturated carbocycles. The minimum Gasteiger partial charge on any atom is -0.309 e. The van der Waals surface area contributed by atoms with Crippen LogP contribution in [-0.4, -0.2) is 42.4 Å². The third kappa shape index (κ3) is 12.1. The zero-order chi connectivity index (χ0) is 97.3. The molecule has 0 bridgehead atoms. The van der Waals surface area contributed by atoms with E-state index in [1.807, 2.05) is 0 Å². The first kappa shape index (κ1) is 83.1. The van der Waals surface area contributed by atoms with Crippen LogP contribution in [0.25, 0.3) is 266 Å². The van der Waals surface area contributed by atoms with E-state index in [1.54, 1.807) is 0 Å². The molecule has 9 nitrogen and oxygen atoms in total. The molecule has 7 heterocycles. The van der Waals surface area contributed by atoms with Crippen LogP contribution in [0.4, 0.5) is 0 Å². The van der Waals surface area contributed by atoms with Crippen molar-refractivity contribution in [2.75, 3.05) is 0 Å². The molecule has 0 unspecified atom stereocenters. The molecule has 0 atom stereocenters. The van der Waals surface area contributed by atoms with Crippen LogP contribution in [0, 0.1) is 0 Å². The molecule has 7 aromatic heterocycles. The average Bonchev–Trinajstić information content (AvgIpc) is 1.56. The van der Waals surface area contributed by atoms with Gasteiger partial charge in [0, 0.05) is 132 Å². The Morgan fingerprint density at radius 2 is 0.347 bits per heavy atom. The molecule has 0 aliphatic heterocycles. The minimum absolute atomic E-state index is 0.138. The normalized spacial score (nSPS) is 13.7. The summed E-state index contributed by atoms with van der Waals surface area (Å²) in [5.41, 5.74) is 45.0. The lowest BCUT2D eigenvalue weighted by atomic mass is 9.82. The lowest BCUT2D eigenvalue weighted by molar-refractivity contribution is 0.660. The fourth-order valence-electron chi connectivity index (χ4n) is 26.2. The third-order valence-electron chi connectivity index (χ3n) is 33.2. The predicted octanol–water partition coefficient (Wildman–Crippen LogP) is 35.4. The van der Waals surface area contributed by atoms with Gasteiger partial charge in [-0.3, -0.25) is 0 Å². The van der Waals surface area contributed by atoms with Crippen LogP contribution in [-0.2, 0) is 16.2 Å². The van der Waals surface area contributed by atoms with Crippen molar-refractivity contribution >= 4 is 131 Å². The van der Waals surface area contributed by atoms with Crippen molar-refractivity contribution in [3.05, 3.63) is 488 Å². The Bertz CT molecular complexity index is 9690. The first-order valence-corrected chi connectivity index (χ1v) is 51.2. The van der Waals surface area contributed by atoms with Crippen LogP contribution in [0.3, 0.4) is 0 Å². The van der Waals surface area contributed by atoms with E-state index in [4.69, 9.17) is 15.0 Å². The second-order valence-electron chi connectivity index (χ2n) is 42.2. The van der Waals surface area contributed by atoms with Crippen molar-refractivity contribution in [3.63, 3.8) is 0 Å². The molecule has 0 fully saturated rings. The monoisotopic (exact) mass is 1880 g/mol. The number of benzene rings is 21. The number of rotatable bonds is 12. The van der Waals surface area contributed by atoms with Crippen LogP contribution in [0.5, 0.6) is 0 Å². The van der Waals surface area contributed by atoms with Crippen molar-refractivity contribution in [2.45, 2.75) is 57.8 Å². The number of hydrogen-bond donors (Lipinski definition) is 0. The zero-order valence-electron chi connectivity index (χ0n) is 81.8. The van der Waals surface area contributed by atoms with E-state index in [0.29, 0.717) is 17.5 Å². The molecule has 147 heavy (non-hydrogen) atoms. The van der Waals surface area contributed by atoms with Gasteiger partial charge in [-0.1, -0.05) is 333 Å². The molecule has 31 rings (SSSR count). The van der Waals surface area contributed by atoms with Crippen LogP contribution in [0.1, 0.15) is 74.9 Å². The number of nitrogens with zero attached hydrogens (tertiary/aromatic N) is 9. The molecule has 0 spiro atoms. The maximum Gasteiger partial charge on any atom is 0.164 e. The fraction of sp³-hybridized carbons (Fsp3) is 0.0652. The Morgan fingerprint density at radius 1 is 0.136 bits per heavy atom. The van der Waals surface area contributed by atoms with E-state index in [2.05, 4.69) is 524 Å². The Morgan fingerprint density at radius 3 is 0.633 bits per heavy atom. The predicted molar refractivity (Wildman–Crippen MR) is 611 cm³/mol. The molecule has 0 amide bonds. The Labute approximate surface area is 848 Å². The van der Waals surface area contributed by atoms with E-state index in [1.165, 1.54) is 148 Å². The van der Waals surface area contributed by atoms with Gasteiger partial charge < -0.3 is 27.4 Å². The second kappa shape index (κ2) is 30.7. The molecule has 21 aromatic carbocycles. The maximum absolute atomic E-state index is 5.72. The molecular formula is C138H93N9. The van der Waals surface area contributed by atoms with Crippen LogP contribution >= 0.6 is 0 Å². The lowest BCUT2D eigenvalue weighted by Gasteiger charge is -2.22. The zero-order valence-corrected chi connectivity index (χ0v) is 81.8. The van der Waals surface area contributed by atoms with E-state index < -0.39 is 0 Å². The van der Waals surface area contributed by atoms with Crippen molar-refractivity contribution < 1.29 is 0 Å². The van der Waals surface area contributed by atoms with E-state index >= 15 is 0 Å². The maximum atomic E-state index is 5.72. The molecule has 0 N–H and O–H groups in total. The summed E-state index contributed by atoms with van der Waals surface area (Å²) >= 11 is 0.